The SMILES string of the molecule is FC(F)(Cl)C(F)(F)C(F)(Cl)OC(F)(Cl)C(F)(F)C(F)(F)Cl. The molecule has 0 spiro atoms. The summed E-state index contributed by atoms with van der Waals surface area (Å²) in [6, 6.07) is 0. The van der Waals surface area contributed by atoms with Gasteiger partial charge in [-0.05, 0) is 46.4 Å². The lowest BCUT2D eigenvalue weighted by atomic mass is 10.3. The third-order valence-electron chi connectivity index (χ3n) is 1.70. The van der Waals surface area contributed by atoms with Crippen LogP contribution in [0.25, 0.3) is 0 Å². The summed E-state index contributed by atoms with van der Waals surface area (Å²) in [5, 5.41) is -23.4. The van der Waals surface area contributed by atoms with Crippen LogP contribution in [-0.4, -0.2) is 33.2 Å². The van der Waals surface area contributed by atoms with Crippen molar-refractivity contribution in [3.63, 3.8) is 0 Å². The zero-order valence-electron chi connectivity index (χ0n) is 8.70. The fraction of sp³-hybridized carbons (Fsp3) is 1.00. The Labute approximate surface area is 129 Å². The van der Waals surface area contributed by atoms with E-state index in [0.29, 0.717) is 0 Å². The summed E-state index contributed by atoms with van der Waals surface area (Å²) in [6.45, 7) is 0. The van der Waals surface area contributed by atoms with Gasteiger partial charge in [0.2, 0.25) is 0 Å². The zero-order chi connectivity index (χ0) is 17.7. The van der Waals surface area contributed by atoms with Crippen LogP contribution in [0.15, 0.2) is 0 Å². The van der Waals surface area contributed by atoms with Crippen LogP contribution in [0, 0.1) is 0 Å². The fourth-order valence-electron chi connectivity index (χ4n) is 0.619. The van der Waals surface area contributed by atoms with Gasteiger partial charge < -0.3 is 0 Å². The maximum Gasteiger partial charge on any atom is 0.396 e. The molecule has 0 aliphatic carbocycles. The smallest absolute Gasteiger partial charge is 0.273 e. The molecular weight excluding hydrogens is 420 g/mol. The van der Waals surface area contributed by atoms with Crippen LogP contribution in [0.2, 0.25) is 0 Å². The molecule has 0 saturated carbocycles. The van der Waals surface area contributed by atoms with Crippen LogP contribution in [0.3, 0.4) is 0 Å². The molecule has 1 nitrogen and oxygen atoms in total. The van der Waals surface area contributed by atoms with E-state index < -0.39 is 33.2 Å². The van der Waals surface area contributed by atoms with Crippen LogP contribution < -0.4 is 0 Å². The molecule has 0 bridgehead atoms. The van der Waals surface area contributed by atoms with Gasteiger partial charge in [-0.1, -0.05) is 0 Å². The van der Waals surface area contributed by atoms with Gasteiger partial charge in [0, 0.05) is 0 Å². The number of halogens is 14. The summed E-state index contributed by atoms with van der Waals surface area (Å²) in [5.74, 6) is -12.7. The van der Waals surface area contributed by atoms with Gasteiger partial charge in [0.1, 0.15) is 0 Å². The number of hydrogen-bond acceptors (Lipinski definition) is 1. The molecule has 0 aliphatic rings. The largest absolute Gasteiger partial charge is 0.396 e. The summed E-state index contributed by atoms with van der Waals surface area (Å²) in [5.41, 5.74) is 0. The Kier molecular flexibility index (Phi) is 5.61. The summed E-state index contributed by atoms with van der Waals surface area (Å²) >= 11 is 15.5. The highest BCUT2D eigenvalue weighted by Crippen LogP contribution is 2.56. The highest BCUT2D eigenvalue weighted by molar-refractivity contribution is 6.28. The highest BCUT2D eigenvalue weighted by atomic mass is 35.5. The second kappa shape index (κ2) is 5.50. The predicted octanol–water partition coefficient (Wildman–Crippen LogP) is 5.66. The van der Waals surface area contributed by atoms with Crippen molar-refractivity contribution in [1.82, 2.24) is 0 Å². The number of ether oxygens (including phenoxy) is 1. The van der Waals surface area contributed by atoms with Crippen LogP contribution in [0.4, 0.5) is 43.9 Å². The van der Waals surface area contributed by atoms with E-state index in [0.717, 1.165) is 0 Å². The molecule has 0 aromatic carbocycles. The van der Waals surface area contributed by atoms with E-state index in [4.69, 9.17) is 0 Å². The standard InChI is InChI=1S/C6Cl4F10O/c7-3(15,16)1(11,12)5(9,19)21-6(10,20)2(13,14)4(8,17)18. The van der Waals surface area contributed by atoms with Gasteiger partial charge >= 0.3 is 33.2 Å². The molecule has 0 radical (unpaired) electrons. The third-order valence-corrected chi connectivity index (χ3v) is 2.80. The minimum absolute atomic E-state index is 2.38. The van der Waals surface area contributed by atoms with Crippen molar-refractivity contribution >= 4 is 46.4 Å². The van der Waals surface area contributed by atoms with Crippen LogP contribution in [-0.2, 0) is 4.74 Å². The molecule has 0 amide bonds. The molecule has 0 aromatic heterocycles. The first-order valence-electron chi connectivity index (χ1n) is 4.05. The van der Waals surface area contributed by atoms with E-state index in [1.165, 1.54) is 0 Å². The van der Waals surface area contributed by atoms with Gasteiger partial charge in [0.05, 0.1) is 0 Å². The van der Waals surface area contributed by atoms with Crippen LogP contribution in [0.5, 0.6) is 0 Å². The Morgan fingerprint density at radius 3 is 0.810 bits per heavy atom. The second-order valence-corrected chi connectivity index (χ2v) is 5.20. The van der Waals surface area contributed by atoms with Gasteiger partial charge in [-0.3, -0.25) is 4.74 Å². The first-order valence-corrected chi connectivity index (χ1v) is 5.57. The second-order valence-electron chi connectivity index (χ2n) is 3.28. The maximum atomic E-state index is 13.1. The summed E-state index contributed by atoms with van der Waals surface area (Å²) in [6.07, 6.45) is 0. The molecule has 0 N–H and O–H groups in total. The van der Waals surface area contributed by atoms with Crippen molar-refractivity contribution in [2.24, 2.45) is 0 Å². The molecule has 0 heterocycles. The first kappa shape index (κ1) is 21.4. The van der Waals surface area contributed by atoms with Crippen molar-refractivity contribution in [2.45, 2.75) is 33.2 Å². The average Bonchev–Trinajstić information content (AvgIpc) is 2.11. The van der Waals surface area contributed by atoms with Crippen LogP contribution >= 0.6 is 46.4 Å². The molecular formula is C6Cl4F10O. The van der Waals surface area contributed by atoms with E-state index in [1.54, 1.807) is 0 Å². The average molecular weight is 420 g/mol. The lowest BCUT2D eigenvalue weighted by Gasteiger charge is -2.36. The van der Waals surface area contributed by atoms with Crippen molar-refractivity contribution in [3.8, 4) is 0 Å². The van der Waals surface area contributed by atoms with E-state index in [9.17, 15) is 43.9 Å². The molecule has 0 aliphatic heterocycles. The Morgan fingerprint density at radius 2 is 0.667 bits per heavy atom. The quantitative estimate of drug-likeness (QED) is 0.398. The van der Waals surface area contributed by atoms with Crippen molar-refractivity contribution in [3.05, 3.63) is 0 Å². The molecule has 0 fully saturated rings. The monoisotopic (exact) mass is 418 g/mol. The Balaban J connectivity index is 5.65. The van der Waals surface area contributed by atoms with Crippen molar-refractivity contribution in [2.75, 3.05) is 0 Å². The van der Waals surface area contributed by atoms with Gasteiger partial charge in [0.15, 0.2) is 0 Å². The molecule has 0 rings (SSSR count). The predicted molar refractivity (Wildman–Crippen MR) is 52.0 cm³/mol. The van der Waals surface area contributed by atoms with Gasteiger partial charge in [-0.15, -0.1) is 0 Å². The molecule has 15 heteroatoms. The van der Waals surface area contributed by atoms with Gasteiger partial charge in [-0.2, -0.15) is 43.9 Å². The Hall–Kier alpha value is 0.420. The lowest BCUT2D eigenvalue weighted by molar-refractivity contribution is -0.370. The minimum atomic E-state index is -6.35. The lowest BCUT2D eigenvalue weighted by Crippen LogP contribution is -2.60. The Bertz CT molecular complexity index is 350. The zero-order valence-corrected chi connectivity index (χ0v) is 11.7. The van der Waals surface area contributed by atoms with E-state index >= 15 is 0 Å². The normalized spacial score (nSPS) is 20.9. The van der Waals surface area contributed by atoms with Crippen molar-refractivity contribution < 1.29 is 48.6 Å². The molecule has 2 atom stereocenters. The number of rotatable bonds is 6. The summed E-state index contributed by atoms with van der Waals surface area (Å²) in [4.78, 5) is 0. The number of hydrogen-bond donors (Lipinski definition) is 0. The minimum Gasteiger partial charge on any atom is -0.273 e. The molecule has 128 valence electrons. The molecule has 2 unspecified atom stereocenters. The summed E-state index contributed by atoms with van der Waals surface area (Å²) < 4.78 is 128. The van der Waals surface area contributed by atoms with E-state index in [-0.39, 0.29) is 0 Å². The van der Waals surface area contributed by atoms with Crippen LogP contribution in [0.1, 0.15) is 0 Å². The van der Waals surface area contributed by atoms with E-state index in [1.807, 2.05) is 0 Å². The maximum absolute atomic E-state index is 13.1. The highest BCUT2D eigenvalue weighted by Gasteiger charge is 2.78. The Morgan fingerprint density at radius 1 is 0.476 bits per heavy atom. The van der Waals surface area contributed by atoms with Crippen molar-refractivity contribution in [1.29, 1.82) is 0 Å². The molecule has 0 saturated heterocycles. The first-order chi connectivity index (χ1) is 8.71. The molecule has 0 aromatic rings. The molecule has 21 heavy (non-hydrogen) atoms. The summed E-state index contributed by atoms with van der Waals surface area (Å²) in [7, 11) is 0. The fourth-order valence-corrected chi connectivity index (χ4v) is 1.45. The van der Waals surface area contributed by atoms with Gasteiger partial charge in [0.25, 0.3) is 0 Å². The van der Waals surface area contributed by atoms with Gasteiger partial charge in [-0.25, -0.2) is 0 Å². The number of alkyl halides is 14. The third kappa shape index (κ3) is 3.85. The topological polar surface area (TPSA) is 9.23 Å². The van der Waals surface area contributed by atoms with E-state index in [2.05, 4.69) is 51.1 Å².